The Kier molecular flexibility index (Phi) is 5.62. The Morgan fingerprint density at radius 2 is 1.62 bits per heavy atom. The second kappa shape index (κ2) is 7.32. The molecule has 0 saturated carbocycles. The summed E-state index contributed by atoms with van der Waals surface area (Å²) in [6.45, 7) is 7.81. The largest absolute Gasteiger partial charge is 0.492 e. The van der Waals surface area contributed by atoms with Gasteiger partial charge in [0.05, 0.1) is 4.90 Å². The number of ether oxygens (including phenoxy) is 1. The van der Waals surface area contributed by atoms with E-state index < -0.39 is 15.8 Å². The van der Waals surface area contributed by atoms with E-state index in [-0.39, 0.29) is 18.0 Å². The fraction of sp³-hybridized carbons (Fsp3) is 0.333. The maximum atomic E-state index is 13.2. The van der Waals surface area contributed by atoms with E-state index in [4.69, 9.17) is 4.74 Å². The van der Waals surface area contributed by atoms with Crippen LogP contribution in [0.5, 0.6) is 5.75 Å². The maximum absolute atomic E-state index is 13.2. The molecule has 0 saturated heterocycles. The van der Waals surface area contributed by atoms with Crippen molar-refractivity contribution in [1.82, 2.24) is 4.72 Å². The molecular formula is C18H22FNO3S. The minimum atomic E-state index is -3.68. The van der Waals surface area contributed by atoms with Crippen LogP contribution in [0.15, 0.2) is 35.2 Å². The van der Waals surface area contributed by atoms with Gasteiger partial charge >= 0.3 is 0 Å². The average Bonchev–Trinajstić information content (AvgIpc) is 2.48. The molecule has 2 rings (SSSR count). The molecule has 0 spiro atoms. The molecule has 130 valence electrons. The summed E-state index contributed by atoms with van der Waals surface area (Å²) in [5.74, 6) is 0.347. The van der Waals surface area contributed by atoms with Gasteiger partial charge in [0, 0.05) is 6.54 Å². The van der Waals surface area contributed by atoms with Gasteiger partial charge in [0.2, 0.25) is 10.0 Å². The van der Waals surface area contributed by atoms with E-state index in [0.29, 0.717) is 5.56 Å². The third-order valence-corrected chi connectivity index (χ3v) is 5.14. The van der Waals surface area contributed by atoms with Crippen molar-refractivity contribution in [2.75, 3.05) is 13.2 Å². The Morgan fingerprint density at radius 1 is 1.00 bits per heavy atom. The lowest BCUT2D eigenvalue weighted by molar-refractivity contribution is 0.318. The summed E-state index contributed by atoms with van der Waals surface area (Å²) < 4.78 is 45.8. The third kappa shape index (κ3) is 4.33. The number of nitrogens with one attached hydrogen (secondary N) is 1. The molecule has 0 aliphatic carbocycles. The summed E-state index contributed by atoms with van der Waals surface area (Å²) >= 11 is 0. The average molecular weight is 351 g/mol. The molecule has 0 amide bonds. The number of halogens is 1. The van der Waals surface area contributed by atoms with Gasteiger partial charge in [-0.2, -0.15) is 0 Å². The van der Waals surface area contributed by atoms with Gasteiger partial charge in [0.25, 0.3) is 0 Å². The van der Waals surface area contributed by atoms with Crippen LogP contribution in [0.3, 0.4) is 0 Å². The molecule has 0 aliphatic heterocycles. The Hall–Kier alpha value is -1.92. The summed E-state index contributed by atoms with van der Waals surface area (Å²) in [4.78, 5) is 0.0455. The Morgan fingerprint density at radius 3 is 2.21 bits per heavy atom. The van der Waals surface area contributed by atoms with E-state index in [2.05, 4.69) is 4.72 Å². The quantitative estimate of drug-likeness (QED) is 0.812. The zero-order valence-corrected chi connectivity index (χ0v) is 15.1. The first-order valence-electron chi connectivity index (χ1n) is 7.67. The highest BCUT2D eigenvalue weighted by molar-refractivity contribution is 7.89. The van der Waals surface area contributed by atoms with E-state index in [9.17, 15) is 12.8 Å². The fourth-order valence-electron chi connectivity index (χ4n) is 2.59. The Balaban J connectivity index is 1.98. The van der Waals surface area contributed by atoms with Gasteiger partial charge < -0.3 is 4.74 Å². The van der Waals surface area contributed by atoms with Gasteiger partial charge in [-0.3, -0.25) is 0 Å². The molecule has 2 aromatic rings. The molecule has 1 N–H and O–H groups in total. The number of hydrogen-bond donors (Lipinski definition) is 1. The van der Waals surface area contributed by atoms with Crippen LogP contribution < -0.4 is 9.46 Å². The first-order chi connectivity index (χ1) is 11.2. The van der Waals surface area contributed by atoms with Crippen LogP contribution in [0.1, 0.15) is 22.3 Å². The molecular weight excluding hydrogens is 329 g/mol. The third-order valence-electron chi connectivity index (χ3n) is 3.68. The van der Waals surface area contributed by atoms with Gasteiger partial charge in [-0.15, -0.1) is 0 Å². The van der Waals surface area contributed by atoms with Crippen LogP contribution in [0, 0.1) is 33.5 Å². The van der Waals surface area contributed by atoms with Crippen molar-refractivity contribution in [3.8, 4) is 5.75 Å². The van der Waals surface area contributed by atoms with Gasteiger partial charge in [0.15, 0.2) is 0 Å². The lowest BCUT2D eigenvalue weighted by Gasteiger charge is -2.14. The standard InChI is InChI=1S/C18H22FNO3S/c1-12-9-14(3)18(15(4)10-12)23-8-7-20-24(21,22)16-5-6-17(19)13(2)11-16/h5-6,9-11,20H,7-8H2,1-4H3. The monoisotopic (exact) mass is 351 g/mol. The summed E-state index contributed by atoms with van der Waals surface area (Å²) in [6.07, 6.45) is 0. The first kappa shape index (κ1) is 18.4. The number of sulfonamides is 1. The minimum absolute atomic E-state index is 0.0455. The minimum Gasteiger partial charge on any atom is -0.492 e. The molecule has 4 nitrogen and oxygen atoms in total. The van der Waals surface area contributed by atoms with E-state index in [0.717, 1.165) is 28.5 Å². The van der Waals surface area contributed by atoms with E-state index >= 15 is 0 Å². The molecule has 6 heteroatoms. The molecule has 0 radical (unpaired) electrons. The highest BCUT2D eigenvalue weighted by atomic mass is 32.2. The Bertz CT molecular complexity index is 824. The number of rotatable bonds is 6. The van der Waals surface area contributed by atoms with E-state index in [1.807, 2.05) is 32.9 Å². The smallest absolute Gasteiger partial charge is 0.240 e. The topological polar surface area (TPSA) is 55.4 Å². The fourth-order valence-corrected chi connectivity index (χ4v) is 3.69. The van der Waals surface area contributed by atoms with Crippen LogP contribution in [0.4, 0.5) is 4.39 Å². The summed E-state index contributed by atoms with van der Waals surface area (Å²) in [5, 5.41) is 0. The highest BCUT2D eigenvalue weighted by Gasteiger charge is 2.15. The van der Waals surface area contributed by atoms with Crippen molar-refractivity contribution in [2.45, 2.75) is 32.6 Å². The molecule has 0 aromatic heterocycles. The number of benzene rings is 2. The van der Waals surface area contributed by atoms with Gasteiger partial charge in [0.1, 0.15) is 18.2 Å². The summed E-state index contributed by atoms with van der Waals surface area (Å²) in [5.41, 5.74) is 3.48. The Labute approximate surface area is 142 Å². The lowest BCUT2D eigenvalue weighted by atomic mass is 10.1. The predicted octanol–water partition coefficient (Wildman–Crippen LogP) is 3.42. The van der Waals surface area contributed by atoms with Crippen molar-refractivity contribution in [3.63, 3.8) is 0 Å². The molecule has 0 heterocycles. The van der Waals surface area contributed by atoms with E-state index in [1.165, 1.54) is 19.1 Å². The van der Waals surface area contributed by atoms with Crippen molar-refractivity contribution in [1.29, 1.82) is 0 Å². The second-order valence-electron chi connectivity index (χ2n) is 5.89. The van der Waals surface area contributed by atoms with Crippen LogP contribution in [0.2, 0.25) is 0 Å². The lowest BCUT2D eigenvalue weighted by Crippen LogP contribution is -2.28. The molecule has 0 bridgehead atoms. The zero-order valence-electron chi connectivity index (χ0n) is 14.3. The zero-order chi connectivity index (χ0) is 17.9. The normalized spacial score (nSPS) is 11.5. The van der Waals surface area contributed by atoms with Crippen LogP contribution >= 0.6 is 0 Å². The summed E-state index contributed by atoms with van der Waals surface area (Å²) in [6, 6.07) is 7.76. The highest BCUT2D eigenvalue weighted by Crippen LogP contribution is 2.24. The number of aryl methyl sites for hydroxylation is 4. The number of hydrogen-bond acceptors (Lipinski definition) is 3. The molecule has 0 unspecified atom stereocenters. The summed E-state index contributed by atoms with van der Waals surface area (Å²) in [7, 11) is -3.68. The molecule has 2 aromatic carbocycles. The van der Waals surface area contributed by atoms with E-state index in [1.54, 1.807) is 0 Å². The van der Waals surface area contributed by atoms with Gasteiger partial charge in [-0.1, -0.05) is 17.7 Å². The van der Waals surface area contributed by atoms with Crippen molar-refractivity contribution in [3.05, 3.63) is 58.4 Å². The SMILES string of the molecule is Cc1cc(C)c(OCCNS(=O)(=O)c2ccc(F)c(C)c2)c(C)c1. The van der Waals surface area contributed by atoms with Gasteiger partial charge in [-0.25, -0.2) is 17.5 Å². The second-order valence-corrected chi connectivity index (χ2v) is 7.65. The van der Waals surface area contributed by atoms with Crippen molar-refractivity contribution in [2.24, 2.45) is 0 Å². The van der Waals surface area contributed by atoms with Crippen LogP contribution in [-0.2, 0) is 10.0 Å². The van der Waals surface area contributed by atoms with Crippen molar-refractivity contribution >= 4 is 10.0 Å². The predicted molar refractivity (Wildman–Crippen MR) is 92.5 cm³/mol. The molecule has 24 heavy (non-hydrogen) atoms. The van der Waals surface area contributed by atoms with Crippen LogP contribution in [0.25, 0.3) is 0 Å². The molecule has 0 atom stereocenters. The molecule has 0 fully saturated rings. The molecule has 0 aliphatic rings. The van der Waals surface area contributed by atoms with Crippen molar-refractivity contribution < 1.29 is 17.5 Å². The van der Waals surface area contributed by atoms with Crippen LogP contribution in [-0.4, -0.2) is 21.6 Å². The van der Waals surface area contributed by atoms with Gasteiger partial charge in [-0.05, 0) is 62.6 Å². The maximum Gasteiger partial charge on any atom is 0.240 e. The first-order valence-corrected chi connectivity index (χ1v) is 9.15.